The Hall–Kier alpha value is -2.39. The largest absolute Gasteiger partial charge is 0.297 e. The van der Waals surface area contributed by atoms with Crippen molar-refractivity contribution in [3.05, 3.63) is 71.4 Å². The van der Waals surface area contributed by atoms with Gasteiger partial charge in [-0.1, -0.05) is 127 Å². The van der Waals surface area contributed by atoms with Crippen molar-refractivity contribution in [2.75, 3.05) is 0 Å². The number of thiazole rings is 1. The second kappa shape index (κ2) is 14.4. The number of nitrogens with zero attached hydrogens (tertiary/aromatic N) is 2. The maximum absolute atomic E-state index is 5.02. The average molecular weight is 501 g/mol. The molecule has 2 aromatic heterocycles. The molecule has 0 N–H and O–H groups in total. The zero-order valence-corrected chi connectivity index (χ0v) is 23.3. The molecule has 0 radical (unpaired) electrons. The van der Waals surface area contributed by atoms with Gasteiger partial charge in [0.15, 0.2) is 4.96 Å². The fourth-order valence-electron chi connectivity index (χ4n) is 5.09. The summed E-state index contributed by atoms with van der Waals surface area (Å²) >= 11 is 1.85. The summed E-state index contributed by atoms with van der Waals surface area (Å²) in [6.45, 7) is 4.56. The Labute approximate surface area is 222 Å². The van der Waals surface area contributed by atoms with Gasteiger partial charge in [-0.2, -0.15) is 0 Å². The van der Waals surface area contributed by atoms with E-state index in [1.165, 1.54) is 117 Å². The van der Waals surface area contributed by atoms with Crippen molar-refractivity contribution >= 4 is 16.3 Å². The van der Waals surface area contributed by atoms with E-state index in [-0.39, 0.29) is 0 Å². The molecule has 0 aliphatic heterocycles. The molecule has 192 valence electrons. The minimum Gasteiger partial charge on any atom is -0.297 e. The van der Waals surface area contributed by atoms with E-state index in [4.69, 9.17) is 4.98 Å². The van der Waals surface area contributed by atoms with Crippen LogP contribution in [0.15, 0.2) is 60.9 Å². The van der Waals surface area contributed by atoms with Gasteiger partial charge in [-0.3, -0.25) is 4.40 Å². The van der Waals surface area contributed by atoms with E-state index in [1.807, 2.05) is 11.3 Å². The van der Waals surface area contributed by atoms with Crippen molar-refractivity contribution in [2.24, 2.45) is 0 Å². The Morgan fingerprint density at radius 2 is 1.25 bits per heavy atom. The van der Waals surface area contributed by atoms with E-state index in [1.54, 1.807) is 0 Å². The fraction of sp³-hybridized carbons (Fsp3) is 0.485. The first-order chi connectivity index (χ1) is 17.8. The first-order valence-electron chi connectivity index (χ1n) is 14.4. The van der Waals surface area contributed by atoms with Gasteiger partial charge >= 0.3 is 0 Å². The molecule has 4 rings (SSSR count). The first kappa shape index (κ1) is 26.7. The molecule has 0 bridgehead atoms. The van der Waals surface area contributed by atoms with Crippen LogP contribution in [0.1, 0.15) is 101 Å². The van der Waals surface area contributed by atoms with Crippen LogP contribution in [0.4, 0.5) is 0 Å². The van der Waals surface area contributed by atoms with E-state index >= 15 is 0 Å². The molecule has 2 heterocycles. The summed E-state index contributed by atoms with van der Waals surface area (Å²) in [6.07, 6.45) is 23.1. The number of imidazole rings is 1. The number of aryl methyl sites for hydroxylation is 2. The predicted molar refractivity (Wildman–Crippen MR) is 158 cm³/mol. The number of unbranched alkanes of at least 4 members (excludes halogenated alkanes) is 10. The van der Waals surface area contributed by atoms with E-state index in [9.17, 15) is 0 Å². The van der Waals surface area contributed by atoms with Crippen molar-refractivity contribution in [3.8, 4) is 22.4 Å². The predicted octanol–water partition coefficient (Wildman–Crippen LogP) is 10.5. The van der Waals surface area contributed by atoms with Crippen LogP contribution >= 0.6 is 11.3 Å². The standard InChI is InChI=1S/C33H44N2S/c1-3-5-7-9-10-12-13-17-27-21-23-28(24-22-27)30-19-15-16-20-31(30)32-26-35-25-29(36-33(35)34-32)18-14-11-8-6-4-2/h15-16,19-26H,3-14,17-18H2,1-2H3. The zero-order valence-electron chi connectivity index (χ0n) is 22.5. The molecule has 0 spiro atoms. The molecule has 0 aliphatic carbocycles. The third kappa shape index (κ3) is 7.56. The van der Waals surface area contributed by atoms with E-state index in [2.05, 4.69) is 79.2 Å². The fourth-order valence-corrected chi connectivity index (χ4v) is 6.09. The van der Waals surface area contributed by atoms with E-state index in [0.29, 0.717) is 0 Å². The summed E-state index contributed by atoms with van der Waals surface area (Å²) in [6, 6.07) is 17.9. The second-order valence-corrected chi connectivity index (χ2v) is 11.4. The first-order valence-corrected chi connectivity index (χ1v) is 15.3. The maximum Gasteiger partial charge on any atom is 0.194 e. The van der Waals surface area contributed by atoms with Crippen molar-refractivity contribution in [2.45, 2.75) is 104 Å². The van der Waals surface area contributed by atoms with Gasteiger partial charge < -0.3 is 0 Å². The molecule has 3 heteroatoms. The lowest BCUT2D eigenvalue weighted by molar-refractivity contribution is 0.589. The van der Waals surface area contributed by atoms with Gasteiger partial charge in [0.05, 0.1) is 5.69 Å². The monoisotopic (exact) mass is 500 g/mol. The van der Waals surface area contributed by atoms with Gasteiger partial charge in [0.1, 0.15) is 0 Å². The second-order valence-electron chi connectivity index (χ2n) is 10.3. The summed E-state index contributed by atoms with van der Waals surface area (Å²) in [5.41, 5.74) is 6.28. The van der Waals surface area contributed by atoms with Crippen molar-refractivity contribution in [3.63, 3.8) is 0 Å². The van der Waals surface area contributed by atoms with Crippen LogP contribution in [0, 0.1) is 0 Å². The average Bonchev–Trinajstić information content (AvgIpc) is 3.47. The van der Waals surface area contributed by atoms with Gasteiger partial charge in [0.25, 0.3) is 0 Å². The van der Waals surface area contributed by atoms with Crippen LogP contribution in [0.2, 0.25) is 0 Å². The highest BCUT2D eigenvalue weighted by molar-refractivity contribution is 7.17. The molecule has 0 atom stereocenters. The molecule has 0 aliphatic rings. The molecular formula is C33H44N2S. The Morgan fingerprint density at radius 3 is 1.92 bits per heavy atom. The Bertz CT molecular complexity index is 1140. The van der Waals surface area contributed by atoms with Crippen LogP contribution in [0.3, 0.4) is 0 Å². The molecule has 2 aromatic carbocycles. The molecule has 36 heavy (non-hydrogen) atoms. The van der Waals surface area contributed by atoms with Crippen molar-refractivity contribution in [1.82, 2.24) is 9.38 Å². The third-order valence-corrected chi connectivity index (χ3v) is 8.32. The molecule has 4 aromatic rings. The highest BCUT2D eigenvalue weighted by Gasteiger charge is 2.12. The van der Waals surface area contributed by atoms with Crippen molar-refractivity contribution in [1.29, 1.82) is 0 Å². The molecule has 0 amide bonds. The smallest absolute Gasteiger partial charge is 0.194 e. The van der Waals surface area contributed by atoms with Gasteiger partial charge in [-0.15, -0.1) is 11.3 Å². The lowest BCUT2D eigenvalue weighted by atomic mass is 9.96. The Morgan fingerprint density at radius 1 is 0.639 bits per heavy atom. The van der Waals surface area contributed by atoms with Crippen LogP contribution in [0.25, 0.3) is 27.3 Å². The summed E-state index contributed by atoms with van der Waals surface area (Å²) in [5.74, 6) is 0. The minimum atomic E-state index is 1.07. The molecule has 0 saturated carbocycles. The normalized spacial score (nSPS) is 11.5. The summed E-state index contributed by atoms with van der Waals surface area (Å²) in [5, 5.41) is 0. The number of benzene rings is 2. The van der Waals surface area contributed by atoms with Crippen LogP contribution in [-0.4, -0.2) is 9.38 Å². The van der Waals surface area contributed by atoms with Gasteiger partial charge in [-0.25, -0.2) is 4.98 Å². The number of rotatable bonds is 16. The maximum atomic E-state index is 5.02. The van der Waals surface area contributed by atoms with E-state index < -0.39 is 0 Å². The van der Waals surface area contributed by atoms with Gasteiger partial charge in [-0.05, 0) is 42.4 Å². The summed E-state index contributed by atoms with van der Waals surface area (Å²) in [4.78, 5) is 7.58. The molecule has 0 unspecified atom stereocenters. The summed E-state index contributed by atoms with van der Waals surface area (Å²) < 4.78 is 2.23. The van der Waals surface area contributed by atoms with Crippen LogP contribution < -0.4 is 0 Å². The zero-order chi connectivity index (χ0) is 25.0. The topological polar surface area (TPSA) is 17.3 Å². The highest BCUT2D eigenvalue weighted by atomic mass is 32.1. The molecular weight excluding hydrogens is 456 g/mol. The molecule has 0 fully saturated rings. The lowest BCUT2D eigenvalue weighted by Crippen LogP contribution is -1.89. The number of aromatic nitrogens is 2. The number of fused-ring (bicyclic) bond motifs is 1. The van der Waals surface area contributed by atoms with E-state index in [0.717, 1.165) is 10.7 Å². The Kier molecular flexibility index (Phi) is 10.6. The van der Waals surface area contributed by atoms with Crippen LogP contribution in [-0.2, 0) is 12.8 Å². The van der Waals surface area contributed by atoms with Gasteiger partial charge in [0.2, 0.25) is 0 Å². The minimum absolute atomic E-state index is 1.07. The van der Waals surface area contributed by atoms with Crippen LogP contribution in [0.5, 0.6) is 0 Å². The number of hydrogen-bond donors (Lipinski definition) is 0. The summed E-state index contributed by atoms with van der Waals surface area (Å²) in [7, 11) is 0. The van der Waals surface area contributed by atoms with Crippen molar-refractivity contribution < 1.29 is 0 Å². The van der Waals surface area contributed by atoms with Gasteiger partial charge in [0, 0.05) is 22.8 Å². The molecule has 0 saturated heterocycles. The quantitative estimate of drug-likeness (QED) is 0.140. The lowest BCUT2D eigenvalue weighted by Gasteiger charge is -2.09. The SMILES string of the molecule is CCCCCCCCCc1ccc(-c2ccccc2-c2cn3cc(CCCCCCC)sc3n2)cc1. The highest BCUT2D eigenvalue weighted by Crippen LogP contribution is 2.33. The number of hydrogen-bond acceptors (Lipinski definition) is 2. The third-order valence-electron chi connectivity index (χ3n) is 7.27. The molecule has 2 nitrogen and oxygen atoms in total. The Balaban J connectivity index is 1.37.